The molecule has 0 spiro atoms. The molecule has 0 saturated heterocycles. The van der Waals surface area contributed by atoms with Gasteiger partial charge in [-0.2, -0.15) is 0 Å². The molecule has 1 aliphatic carbocycles. The highest BCUT2D eigenvalue weighted by Gasteiger charge is 2.15. The van der Waals surface area contributed by atoms with Crippen LogP contribution in [0.4, 0.5) is 17.1 Å². The molecular formula is C43H34N2. The topological polar surface area (TPSA) is 8.17 Å². The van der Waals surface area contributed by atoms with Gasteiger partial charge in [0.05, 0.1) is 11.0 Å². The van der Waals surface area contributed by atoms with Crippen LogP contribution in [0.2, 0.25) is 0 Å². The second-order valence-electron chi connectivity index (χ2n) is 11.8. The average molecular weight is 579 g/mol. The van der Waals surface area contributed by atoms with Crippen LogP contribution in [-0.4, -0.2) is 4.57 Å². The zero-order valence-electron chi connectivity index (χ0n) is 25.4. The van der Waals surface area contributed by atoms with Gasteiger partial charge in [-0.15, -0.1) is 0 Å². The summed E-state index contributed by atoms with van der Waals surface area (Å²) in [6.07, 6.45) is 9.08. The van der Waals surface area contributed by atoms with Crippen LogP contribution >= 0.6 is 0 Å². The first kappa shape index (κ1) is 27.0. The summed E-state index contributed by atoms with van der Waals surface area (Å²) >= 11 is 0. The summed E-state index contributed by atoms with van der Waals surface area (Å²) in [6, 6.07) is 52.9. The number of hydrogen-bond acceptors (Lipinski definition) is 1. The van der Waals surface area contributed by atoms with Crippen molar-refractivity contribution in [3.63, 3.8) is 0 Å². The fourth-order valence-corrected chi connectivity index (χ4v) is 6.58. The highest BCUT2D eigenvalue weighted by Crippen LogP contribution is 2.37. The van der Waals surface area contributed by atoms with E-state index in [1.54, 1.807) is 0 Å². The third-order valence-electron chi connectivity index (χ3n) is 8.91. The van der Waals surface area contributed by atoms with Crippen LogP contribution in [0, 0.1) is 6.92 Å². The smallest absolute Gasteiger partial charge is 0.0541 e. The van der Waals surface area contributed by atoms with Gasteiger partial charge in [-0.3, -0.25) is 0 Å². The van der Waals surface area contributed by atoms with Crippen LogP contribution in [0.25, 0.3) is 44.2 Å². The zero-order valence-corrected chi connectivity index (χ0v) is 25.4. The average Bonchev–Trinajstić information content (AvgIpc) is 3.45. The summed E-state index contributed by atoms with van der Waals surface area (Å²) in [6.45, 7) is 2.13. The molecule has 2 nitrogen and oxygen atoms in total. The van der Waals surface area contributed by atoms with E-state index in [4.69, 9.17) is 0 Å². The Bertz CT molecular complexity index is 2120. The molecule has 1 aromatic heterocycles. The summed E-state index contributed by atoms with van der Waals surface area (Å²) in [4.78, 5) is 2.34. The molecule has 7 aromatic rings. The van der Waals surface area contributed by atoms with Gasteiger partial charge in [-0.1, -0.05) is 109 Å². The van der Waals surface area contributed by atoms with Crippen molar-refractivity contribution in [3.8, 4) is 16.8 Å². The van der Waals surface area contributed by atoms with Crippen LogP contribution in [0.5, 0.6) is 0 Å². The second kappa shape index (κ2) is 11.5. The van der Waals surface area contributed by atoms with Crippen LogP contribution in [0.3, 0.4) is 0 Å². The molecule has 0 aliphatic heterocycles. The summed E-state index contributed by atoms with van der Waals surface area (Å²) in [7, 11) is 0. The van der Waals surface area contributed by atoms with Gasteiger partial charge in [0, 0.05) is 33.5 Å². The molecular weight excluding hydrogens is 544 g/mol. The number of para-hydroxylation sites is 2. The third kappa shape index (κ3) is 5.05. The lowest BCUT2D eigenvalue weighted by Gasteiger charge is -2.26. The highest BCUT2D eigenvalue weighted by molar-refractivity contribution is 6.09. The van der Waals surface area contributed by atoms with Gasteiger partial charge in [0.15, 0.2) is 0 Å². The number of fused-ring (bicyclic) bond motifs is 3. The van der Waals surface area contributed by atoms with Crippen molar-refractivity contribution in [3.05, 3.63) is 175 Å². The van der Waals surface area contributed by atoms with E-state index >= 15 is 0 Å². The molecule has 0 saturated carbocycles. The number of hydrogen-bond donors (Lipinski definition) is 0. The Morgan fingerprint density at radius 1 is 0.489 bits per heavy atom. The van der Waals surface area contributed by atoms with Gasteiger partial charge in [-0.05, 0) is 103 Å². The SMILES string of the molecule is Cc1ccc(N(c2ccc(C3=CCCC=C3)cc2)c2ccc(-c3ccc(-n4c5ccccc5c5ccccc54)cc3)cc2)cc1. The third-order valence-corrected chi connectivity index (χ3v) is 8.91. The molecule has 0 radical (unpaired) electrons. The molecule has 0 bridgehead atoms. The Morgan fingerprint density at radius 3 is 1.51 bits per heavy atom. The van der Waals surface area contributed by atoms with Gasteiger partial charge in [0.25, 0.3) is 0 Å². The molecule has 0 amide bonds. The molecule has 45 heavy (non-hydrogen) atoms. The predicted molar refractivity (Wildman–Crippen MR) is 192 cm³/mol. The highest BCUT2D eigenvalue weighted by atomic mass is 15.1. The predicted octanol–water partition coefficient (Wildman–Crippen LogP) is 12.0. The maximum Gasteiger partial charge on any atom is 0.0541 e. The second-order valence-corrected chi connectivity index (χ2v) is 11.8. The van der Waals surface area contributed by atoms with Crippen molar-refractivity contribution in [2.24, 2.45) is 0 Å². The molecule has 8 rings (SSSR count). The van der Waals surface area contributed by atoms with Gasteiger partial charge in [0.2, 0.25) is 0 Å². The Hall–Kier alpha value is -5.60. The standard InChI is InChI=1S/C43H34N2/c1-31-15-23-36(24-16-31)44(37-25-17-33(18-26-37)32-9-3-2-4-10-32)38-27-19-34(20-28-38)35-21-29-39(30-22-35)45-42-13-7-5-11-40(42)41-12-6-8-14-43(41)45/h3,5-30H,2,4H2,1H3. The Kier molecular flexibility index (Phi) is 6.88. The first-order valence-electron chi connectivity index (χ1n) is 15.8. The van der Waals surface area contributed by atoms with E-state index in [1.165, 1.54) is 55.3 Å². The maximum absolute atomic E-state index is 2.36. The number of benzene rings is 6. The van der Waals surface area contributed by atoms with E-state index in [9.17, 15) is 0 Å². The minimum Gasteiger partial charge on any atom is -0.311 e. The van der Waals surface area contributed by atoms with Crippen LogP contribution in [0.1, 0.15) is 24.0 Å². The van der Waals surface area contributed by atoms with E-state index in [1.807, 2.05) is 0 Å². The van der Waals surface area contributed by atoms with Gasteiger partial charge in [0.1, 0.15) is 0 Å². The Morgan fingerprint density at radius 2 is 0.978 bits per heavy atom. The number of rotatable bonds is 6. The van der Waals surface area contributed by atoms with Crippen LogP contribution in [-0.2, 0) is 0 Å². The van der Waals surface area contributed by atoms with E-state index < -0.39 is 0 Å². The first-order chi connectivity index (χ1) is 22.2. The number of allylic oxidation sites excluding steroid dienone is 4. The fourth-order valence-electron chi connectivity index (χ4n) is 6.58. The van der Waals surface area contributed by atoms with Crippen molar-refractivity contribution in [2.45, 2.75) is 19.8 Å². The minimum absolute atomic E-state index is 1.11. The molecule has 0 N–H and O–H groups in total. The van der Waals surface area contributed by atoms with E-state index in [-0.39, 0.29) is 0 Å². The molecule has 0 atom stereocenters. The van der Waals surface area contributed by atoms with E-state index in [2.05, 4.69) is 180 Å². The maximum atomic E-state index is 2.36. The minimum atomic E-state index is 1.11. The number of aromatic nitrogens is 1. The Labute approximate surface area is 264 Å². The molecule has 1 aliphatic rings. The number of anilines is 3. The summed E-state index contributed by atoms with van der Waals surface area (Å²) < 4.78 is 2.36. The monoisotopic (exact) mass is 578 g/mol. The van der Waals surface area contributed by atoms with E-state index in [0.717, 1.165) is 29.9 Å². The lowest BCUT2D eigenvalue weighted by atomic mass is 9.99. The molecule has 6 aromatic carbocycles. The summed E-state index contributed by atoms with van der Waals surface area (Å²) in [5.41, 5.74) is 13.3. The van der Waals surface area contributed by atoms with Gasteiger partial charge in [-0.25, -0.2) is 0 Å². The normalized spacial score (nSPS) is 12.9. The van der Waals surface area contributed by atoms with Crippen molar-refractivity contribution in [1.82, 2.24) is 4.57 Å². The largest absolute Gasteiger partial charge is 0.311 e. The molecule has 2 heteroatoms. The van der Waals surface area contributed by atoms with Crippen molar-refractivity contribution < 1.29 is 0 Å². The van der Waals surface area contributed by atoms with Crippen molar-refractivity contribution >= 4 is 44.4 Å². The lowest BCUT2D eigenvalue weighted by Crippen LogP contribution is -2.10. The van der Waals surface area contributed by atoms with E-state index in [0.29, 0.717) is 0 Å². The molecule has 1 heterocycles. The number of nitrogens with zero attached hydrogens (tertiary/aromatic N) is 2. The van der Waals surface area contributed by atoms with Crippen LogP contribution < -0.4 is 4.90 Å². The van der Waals surface area contributed by atoms with Crippen molar-refractivity contribution in [1.29, 1.82) is 0 Å². The fraction of sp³-hybridized carbons (Fsp3) is 0.0698. The zero-order chi connectivity index (χ0) is 30.2. The van der Waals surface area contributed by atoms with Gasteiger partial charge < -0.3 is 9.47 Å². The first-order valence-corrected chi connectivity index (χ1v) is 15.8. The quantitative estimate of drug-likeness (QED) is 0.191. The molecule has 0 unspecified atom stereocenters. The van der Waals surface area contributed by atoms with Crippen molar-refractivity contribution in [2.75, 3.05) is 4.90 Å². The number of aryl methyl sites for hydroxylation is 1. The Balaban J connectivity index is 1.12. The lowest BCUT2D eigenvalue weighted by molar-refractivity contribution is 1.04. The molecule has 216 valence electrons. The summed E-state index contributed by atoms with van der Waals surface area (Å²) in [5, 5.41) is 2.56. The van der Waals surface area contributed by atoms with Crippen LogP contribution in [0.15, 0.2) is 164 Å². The molecule has 0 fully saturated rings. The summed E-state index contributed by atoms with van der Waals surface area (Å²) in [5.74, 6) is 0. The van der Waals surface area contributed by atoms with Gasteiger partial charge >= 0.3 is 0 Å².